The molecule has 0 spiro atoms. The molecule has 0 unspecified atom stereocenters. The molecule has 1 N–H and O–H groups in total. The van der Waals surface area contributed by atoms with Crippen LogP contribution in [0.15, 0.2) is 10.6 Å². The number of esters is 1. The number of hydrogen-bond donors (Lipinski definition) is 1. The van der Waals surface area contributed by atoms with Gasteiger partial charge in [0.1, 0.15) is 5.76 Å². The summed E-state index contributed by atoms with van der Waals surface area (Å²) in [6.45, 7) is 3.31. The van der Waals surface area contributed by atoms with Crippen molar-refractivity contribution in [1.82, 2.24) is 5.16 Å². The van der Waals surface area contributed by atoms with Crippen LogP contribution in [0.5, 0.6) is 0 Å². The largest absolute Gasteiger partial charge is 0.457 e. The molecule has 1 heterocycles. The summed E-state index contributed by atoms with van der Waals surface area (Å²) in [5.41, 5.74) is -0.245. The molecule has 0 aliphatic heterocycles. The summed E-state index contributed by atoms with van der Waals surface area (Å²) in [4.78, 5) is 37.1. The number of hydrogen-bond acceptors (Lipinski definition) is 7. The number of carbonyl (C=O) groups is 3. The first-order valence-electron chi connectivity index (χ1n) is 10.4. The summed E-state index contributed by atoms with van der Waals surface area (Å²) in [6.07, 6.45) is 6.75. The average molecular weight is 421 g/mol. The van der Waals surface area contributed by atoms with Gasteiger partial charge < -0.3 is 14.6 Å². The van der Waals surface area contributed by atoms with E-state index < -0.39 is 11.2 Å². The van der Waals surface area contributed by atoms with Crippen molar-refractivity contribution in [3.05, 3.63) is 11.8 Å². The molecule has 0 radical (unpaired) electrons. The van der Waals surface area contributed by atoms with Gasteiger partial charge in [0.15, 0.2) is 18.2 Å². The first-order chi connectivity index (χ1) is 13.8. The van der Waals surface area contributed by atoms with Crippen LogP contribution in [-0.4, -0.2) is 40.4 Å². The van der Waals surface area contributed by atoms with Gasteiger partial charge in [-0.2, -0.15) is 0 Å². The molecule has 4 fully saturated rings. The Morgan fingerprint density at radius 2 is 1.86 bits per heavy atom. The number of rotatable bonds is 8. The molecular weight excluding hydrogens is 392 g/mol. The Kier molecular flexibility index (Phi) is 5.73. The van der Waals surface area contributed by atoms with E-state index in [0.29, 0.717) is 29.3 Å². The SMILES string of the molecule is Cc1cc(NC(=O)[C@H](C)SCC(=O)OCC(=O)C23CC4CC(CC(C4)C2)C3)no1. The molecule has 1 aromatic heterocycles. The summed E-state index contributed by atoms with van der Waals surface area (Å²) in [7, 11) is 0. The number of ether oxygens (including phenoxy) is 1. The molecule has 1 aromatic rings. The summed E-state index contributed by atoms with van der Waals surface area (Å²) >= 11 is 1.17. The van der Waals surface area contributed by atoms with Crippen molar-refractivity contribution < 1.29 is 23.6 Å². The monoisotopic (exact) mass is 420 g/mol. The molecule has 4 aliphatic carbocycles. The van der Waals surface area contributed by atoms with Crippen LogP contribution in [0.25, 0.3) is 0 Å². The van der Waals surface area contributed by atoms with Crippen LogP contribution in [0.4, 0.5) is 5.82 Å². The van der Waals surface area contributed by atoms with E-state index >= 15 is 0 Å². The van der Waals surface area contributed by atoms with Gasteiger partial charge >= 0.3 is 5.97 Å². The van der Waals surface area contributed by atoms with E-state index in [-0.39, 0.29) is 29.5 Å². The van der Waals surface area contributed by atoms with E-state index in [4.69, 9.17) is 9.26 Å². The van der Waals surface area contributed by atoms with E-state index in [9.17, 15) is 14.4 Å². The number of amides is 1. The third kappa shape index (κ3) is 4.52. The van der Waals surface area contributed by atoms with Crippen LogP contribution in [0.1, 0.15) is 51.2 Å². The molecule has 8 heteroatoms. The van der Waals surface area contributed by atoms with Crippen LogP contribution in [0.2, 0.25) is 0 Å². The molecule has 1 atom stereocenters. The average Bonchev–Trinajstić information content (AvgIpc) is 3.07. The third-order valence-corrected chi connectivity index (χ3v) is 7.81. The van der Waals surface area contributed by atoms with Gasteiger partial charge in [0.2, 0.25) is 5.91 Å². The van der Waals surface area contributed by atoms with E-state index in [1.165, 1.54) is 31.0 Å². The maximum Gasteiger partial charge on any atom is 0.316 e. The summed E-state index contributed by atoms with van der Waals surface area (Å²) in [6, 6.07) is 1.62. The van der Waals surface area contributed by atoms with Crippen LogP contribution >= 0.6 is 11.8 Å². The molecule has 0 aromatic carbocycles. The lowest BCUT2D eigenvalue weighted by atomic mass is 9.48. The molecule has 0 saturated heterocycles. The van der Waals surface area contributed by atoms with Crippen molar-refractivity contribution in [2.75, 3.05) is 17.7 Å². The van der Waals surface area contributed by atoms with Crippen molar-refractivity contribution in [3.8, 4) is 0 Å². The van der Waals surface area contributed by atoms with Crippen LogP contribution in [-0.2, 0) is 19.1 Å². The minimum atomic E-state index is -0.460. The standard InChI is InChI=1S/C21H28N2O5S/c1-12-3-18(23-28-12)22-20(26)13(2)29-11-19(25)27-10-17(24)21-7-14-4-15(8-21)6-16(5-14)9-21/h3,13-16H,4-11H2,1-2H3,(H,22,23,26)/t13-,14?,15?,16?,21?/m0/s1. The molecule has 1 amide bonds. The fraction of sp³-hybridized carbons (Fsp3) is 0.714. The Hall–Kier alpha value is -1.83. The lowest BCUT2D eigenvalue weighted by Gasteiger charge is -2.55. The summed E-state index contributed by atoms with van der Waals surface area (Å²) < 4.78 is 10.2. The Morgan fingerprint density at radius 3 is 2.41 bits per heavy atom. The van der Waals surface area contributed by atoms with Gasteiger partial charge in [-0.25, -0.2) is 0 Å². The number of aromatic nitrogens is 1. The summed E-state index contributed by atoms with van der Waals surface area (Å²) in [5, 5.41) is 5.89. The fourth-order valence-corrected chi connectivity index (χ4v) is 6.39. The van der Waals surface area contributed by atoms with E-state index in [0.717, 1.165) is 19.3 Å². The van der Waals surface area contributed by atoms with Gasteiger partial charge in [0.25, 0.3) is 0 Å². The van der Waals surface area contributed by atoms with Crippen LogP contribution in [0.3, 0.4) is 0 Å². The first-order valence-corrected chi connectivity index (χ1v) is 11.4. The predicted molar refractivity (Wildman–Crippen MR) is 108 cm³/mol. The molecule has 4 bridgehead atoms. The molecule has 29 heavy (non-hydrogen) atoms. The van der Waals surface area contributed by atoms with Gasteiger partial charge in [-0.15, -0.1) is 11.8 Å². The number of anilines is 1. The maximum absolute atomic E-state index is 12.9. The second-order valence-electron chi connectivity index (χ2n) is 9.05. The summed E-state index contributed by atoms with van der Waals surface area (Å²) in [5.74, 6) is 2.42. The van der Waals surface area contributed by atoms with Gasteiger partial charge in [-0.05, 0) is 70.1 Å². The van der Waals surface area contributed by atoms with Gasteiger partial charge in [0, 0.05) is 11.5 Å². The van der Waals surface area contributed by atoms with Crippen LogP contribution < -0.4 is 5.32 Å². The molecule has 7 nitrogen and oxygen atoms in total. The van der Waals surface area contributed by atoms with Gasteiger partial charge in [-0.1, -0.05) is 5.16 Å². The minimum Gasteiger partial charge on any atom is -0.457 e. The smallest absolute Gasteiger partial charge is 0.316 e. The van der Waals surface area contributed by atoms with E-state index in [2.05, 4.69) is 10.5 Å². The van der Waals surface area contributed by atoms with Gasteiger partial charge in [0.05, 0.1) is 11.0 Å². The quantitative estimate of drug-likeness (QED) is 0.644. The maximum atomic E-state index is 12.9. The molecule has 4 saturated carbocycles. The number of aryl methyl sites for hydroxylation is 1. The number of nitrogens with zero attached hydrogens (tertiary/aromatic N) is 1. The highest BCUT2D eigenvalue weighted by atomic mass is 32.2. The Morgan fingerprint density at radius 1 is 1.24 bits per heavy atom. The lowest BCUT2D eigenvalue weighted by Crippen LogP contribution is -2.51. The zero-order valence-electron chi connectivity index (χ0n) is 16.9. The number of carbonyl (C=O) groups excluding carboxylic acids is 3. The van der Waals surface area contributed by atoms with Crippen molar-refractivity contribution in [2.45, 2.75) is 57.6 Å². The highest BCUT2D eigenvalue weighted by Crippen LogP contribution is 2.60. The normalized spacial score (nSPS) is 30.8. The highest BCUT2D eigenvalue weighted by Gasteiger charge is 2.54. The molecule has 4 aliphatic rings. The fourth-order valence-electron chi connectivity index (χ4n) is 5.71. The van der Waals surface area contributed by atoms with Crippen LogP contribution in [0, 0.1) is 30.1 Å². The zero-order chi connectivity index (χ0) is 20.6. The predicted octanol–water partition coefficient (Wildman–Crippen LogP) is 3.37. The topological polar surface area (TPSA) is 98.5 Å². The molecule has 5 rings (SSSR count). The number of ketones is 1. The number of nitrogens with one attached hydrogen (secondary N) is 1. The lowest BCUT2D eigenvalue weighted by molar-refractivity contribution is -0.156. The van der Waals surface area contributed by atoms with Crippen molar-refractivity contribution in [1.29, 1.82) is 0 Å². The van der Waals surface area contributed by atoms with Crippen molar-refractivity contribution in [2.24, 2.45) is 23.2 Å². The second kappa shape index (κ2) is 8.13. The second-order valence-corrected chi connectivity index (χ2v) is 10.4. The first kappa shape index (κ1) is 20.4. The van der Waals surface area contributed by atoms with Crippen molar-refractivity contribution in [3.63, 3.8) is 0 Å². The minimum absolute atomic E-state index is 0.0284. The van der Waals surface area contributed by atoms with Gasteiger partial charge in [-0.3, -0.25) is 14.4 Å². The third-order valence-electron chi connectivity index (χ3n) is 6.69. The van der Waals surface area contributed by atoms with E-state index in [1.807, 2.05) is 0 Å². The Labute approximate surface area is 174 Å². The Bertz CT molecular complexity index is 769. The number of thioether (sulfide) groups is 1. The molecular formula is C21H28N2O5S. The molecule has 158 valence electrons. The highest BCUT2D eigenvalue weighted by molar-refractivity contribution is 8.01. The van der Waals surface area contributed by atoms with Crippen molar-refractivity contribution >= 4 is 35.2 Å². The number of Topliss-reactive ketones (excluding diaryl/α,β-unsaturated/α-hetero) is 1. The Balaban J connectivity index is 1.20. The zero-order valence-corrected chi connectivity index (χ0v) is 17.8. The van der Waals surface area contributed by atoms with E-state index in [1.54, 1.807) is 19.9 Å².